The Kier molecular flexibility index (Phi) is 8.98. The van der Waals surface area contributed by atoms with Gasteiger partial charge in [0, 0.05) is 35.9 Å². The predicted octanol–water partition coefficient (Wildman–Crippen LogP) is -1.49. The SMILES string of the molecule is O=C([O-])c1ccncc1.O=C([O-])c1ccncc1.[Sr+2]. The van der Waals surface area contributed by atoms with Gasteiger partial charge in [-0.3, -0.25) is 9.97 Å². The zero-order chi connectivity index (χ0) is 13.4. The van der Waals surface area contributed by atoms with E-state index in [0.717, 1.165) is 0 Å². The Bertz CT molecular complexity index is 470. The summed E-state index contributed by atoms with van der Waals surface area (Å²) in [6.07, 6.45) is 5.63. The average molecular weight is 332 g/mol. The summed E-state index contributed by atoms with van der Waals surface area (Å²) in [7, 11) is 0. The van der Waals surface area contributed by atoms with Crippen molar-refractivity contribution in [2.45, 2.75) is 0 Å². The molecule has 2 aromatic heterocycles. The molecule has 92 valence electrons. The maximum atomic E-state index is 10.1. The van der Waals surface area contributed by atoms with Crippen LogP contribution >= 0.6 is 0 Å². The molecule has 0 fully saturated rings. The summed E-state index contributed by atoms with van der Waals surface area (Å²) in [5.74, 6) is -2.34. The average Bonchev–Trinajstić information content (AvgIpc) is 2.41. The molecule has 0 radical (unpaired) electrons. The number of nitrogens with zero attached hydrogens (tertiary/aromatic N) is 2. The molecule has 0 aromatic carbocycles. The zero-order valence-corrected chi connectivity index (χ0v) is 13.3. The van der Waals surface area contributed by atoms with Crippen molar-refractivity contribution in [2.75, 3.05) is 0 Å². The summed E-state index contributed by atoms with van der Waals surface area (Å²) in [4.78, 5) is 27.4. The molecule has 6 nitrogen and oxygen atoms in total. The second-order valence-electron chi connectivity index (χ2n) is 3.05. The molecule has 0 bridgehead atoms. The Morgan fingerprint density at radius 1 is 0.737 bits per heavy atom. The van der Waals surface area contributed by atoms with Crippen molar-refractivity contribution in [2.24, 2.45) is 0 Å². The minimum absolute atomic E-state index is 0. The molecule has 0 saturated heterocycles. The molecular weight excluding hydrogens is 324 g/mol. The molecule has 0 unspecified atom stereocenters. The molecule has 2 rings (SSSR count). The molecule has 0 atom stereocenters. The number of carbonyl (C=O) groups excluding carboxylic acids is 2. The molecule has 0 aliphatic carbocycles. The largest absolute Gasteiger partial charge is 2.00 e. The third-order valence-corrected chi connectivity index (χ3v) is 1.83. The van der Waals surface area contributed by atoms with E-state index in [1.165, 1.54) is 49.1 Å². The zero-order valence-electron chi connectivity index (χ0n) is 9.85. The van der Waals surface area contributed by atoms with Gasteiger partial charge in [0.1, 0.15) is 0 Å². The summed E-state index contributed by atoms with van der Waals surface area (Å²) in [5, 5.41) is 20.1. The third-order valence-electron chi connectivity index (χ3n) is 1.83. The Morgan fingerprint density at radius 2 is 1.00 bits per heavy atom. The minimum atomic E-state index is -1.17. The summed E-state index contributed by atoms with van der Waals surface area (Å²) in [6, 6.07) is 5.54. The van der Waals surface area contributed by atoms with E-state index in [2.05, 4.69) is 9.97 Å². The smallest absolute Gasteiger partial charge is 0.545 e. The second-order valence-corrected chi connectivity index (χ2v) is 3.05. The van der Waals surface area contributed by atoms with E-state index in [-0.39, 0.29) is 56.6 Å². The number of carboxylic acids is 2. The molecule has 0 spiro atoms. The maximum Gasteiger partial charge on any atom is 2.00 e. The third kappa shape index (κ3) is 7.02. The van der Waals surface area contributed by atoms with Crippen LogP contribution in [0.15, 0.2) is 49.1 Å². The van der Waals surface area contributed by atoms with Gasteiger partial charge in [-0.25, -0.2) is 0 Å². The van der Waals surface area contributed by atoms with Gasteiger partial charge in [0.25, 0.3) is 0 Å². The first-order valence-electron chi connectivity index (χ1n) is 4.84. The van der Waals surface area contributed by atoms with Gasteiger partial charge in [-0.05, 0) is 24.3 Å². The van der Waals surface area contributed by atoms with Gasteiger partial charge in [0.2, 0.25) is 0 Å². The van der Waals surface area contributed by atoms with Crippen LogP contribution in [0.1, 0.15) is 20.7 Å². The number of carboxylic acid groups (broad SMARTS) is 2. The fraction of sp³-hybridized carbons (Fsp3) is 0. The number of hydrogen-bond acceptors (Lipinski definition) is 6. The minimum Gasteiger partial charge on any atom is -0.545 e. The predicted molar refractivity (Wildman–Crippen MR) is 62.9 cm³/mol. The Balaban J connectivity index is 0.000000324. The van der Waals surface area contributed by atoms with Crippen molar-refractivity contribution in [3.05, 3.63) is 60.2 Å². The molecule has 0 amide bonds. The monoisotopic (exact) mass is 332 g/mol. The van der Waals surface area contributed by atoms with Gasteiger partial charge < -0.3 is 19.8 Å². The molecule has 2 heterocycles. The van der Waals surface area contributed by atoms with E-state index in [9.17, 15) is 19.8 Å². The van der Waals surface area contributed by atoms with Crippen LogP contribution in [0.25, 0.3) is 0 Å². The summed E-state index contributed by atoms with van der Waals surface area (Å²) >= 11 is 0. The van der Waals surface area contributed by atoms with E-state index in [1.54, 1.807) is 0 Å². The van der Waals surface area contributed by atoms with E-state index >= 15 is 0 Å². The number of aromatic carboxylic acids is 2. The van der Waals surface area contributed by atoms with Crippen molar-refractivity contribution < 1.29 is 19.8 Å². The Morgan fingerprint density at radius 3 is 1.16 bits per heavy atom. The van der Waals surface area contributed by atoms with E-state index < -0.39 is 11.9 Å². The fourth-order valence-electron chi connectivity index (χ4n) is 0.976. The van der Waals surface area contributed by atoms with E-state index in [4.69, 9.17) is 0 Å². The summed E-state index contributed by atoms with van der Waals surface area (Å²) < 4.78 is 0. The first-order valence-corrected chi connectivity index (χ1v) is 4.84. The van der Waals surface area contributed by atoms with Crippen molar-refractivity contribution in [1.82, 2.24) is 9.97 Å². The van der Waals surface area contributed by atoms with Gasteiger partial charge in [-0.2, -0.15) is 0 Å². The molecule has 0 aliphatic heterocycles. The van der Waals surface area contributed by atoms with Gasteiger partial charge in [0.15, 0.2) is 0 Å². The molecule has 0 saturated carbocycles. The number of pyridine rings is 2. The van der Waals surface area contributed by atoms with Crippen LogP contribution in [0.4, 0.5) is 0 Å². The first-order chi connectivity index (χ1) is 8.61. The molecule has 0 N–H and O–H groups in total. The molecular formula is C12H8N2O4Sr. The Labute approximate surface area is 146 Å². The number of aromatic nitrogens is 2. The van der Waals surface area contributed by atoms with Crippen molar-refractivity contribution in [1.29, 1.82) is 0 Å². The normalized spacial score (nSPS) is 8.42. The van der Waals surface area contributed by atoms with Crippen LogP contribution in [-0.2, 0) is 0 Å². The first kappa shape index (κ1) is 17.7. The molecule has 19 heavy (non-hydrogen) atoms. The van der Waals surface area contributed by atoms with Crippen LogP contribution in [0.5, 0.6) is 0 Å². The summed E-state index contributed by atoms with van der Waals surface area (Å²) in [6.45, 7) is 0. The second kappa shape index (κ2) is 9.62. The number of rotatable bonds is 2. The van der Waals surface area contributed by atoms with Gasteiger partial charge in [-0.1, -0.05) is 0 Å². The molecule has 2 aromatic rings. The van der Waals surface area contributed by atoms with Crippen LogP contribution in [0, 0.1) is 0 Å². The fourth-order valence-corrected chi connectivity index (χ4v) is 0.976. The molecule has 7 heteroatoms. The van der Waals surface area contributed by atoms with Gasteiger partial charge >= 0.3 is 45.5 Å². The maximum absolute atomic E-state index is 10.1. The standard InChI is InChI=1S/2C6H5NO2.Sr/c2*8-6(9)5-1-3-7-4-2-5;/h2*1-4H,(H,8,9);/q;;+2/p-2. The van der Waals surface area contributed by atoms with E-state index in [1.807, 2.05) is 0 Å². The van der Waals surface area contributed by atoms with Crippen LogP contribution < -0.4 is 10.2 Å². The Hall–Kier alpha value is -1.28. The number of hydrogen-bond donors (Lipinski definition) is 0. The van der Waals surface area contributed by atoms with Gasteiger partial charge in [0.05, 0.1) is 11.9 Å². The van der Waals surface area contributed by atoms with Crippen molar-refractivity contribution in [3.8, 4) is 0 Å². The van der Waals surface area contributed by atoms with E-state index in [0.29, 0.717) is 0 Å². The molecule has 0 aliphatic rings. The van der Waals surface area contributed by atoms with Crippen LogP contribution in [0.3, 0.4) is 0 Å². The van der Waals surface area contributed by atoms with Crippen LogP contribution in [-0.4, -0.2) is 67.4 Å². The topological polar surface area (TPSA) is 106 Å². The van der Waals surface area contributed by atoms with Crippen LogP contribution in [0.2, 0.25) is 0 Å². The van der Waals surface area contributed by atoms with Crippen molar-refractivity contribution >= 4 is 57.4 Å². The van der Waals surface area contributed by atoms with Gasteiger partial charge in [-0.15, -0.1) is 0 Å². The number of carbonyl (C=O) groups is 2. The quantitative estimate of drug-likeness (QED) is 0.621. The van der Waals surface area contributed by atoms with Crippen molar-refractivity contribution in [3.63, 3.8) is 0 Å². The summed E-state index contributed by atoms with van der Waals surface area (Å²) in [5.41, 5.74) is 0.315.